The van der Waals surface area contributed by atoms with E-state index in [4.69, 9.17) is 10.1 Å². The van der Waals surface area contributed by atoms with Crippen LogP contribution in [0.15, 0.2) is 36.5 Å². The third-order valence-electron chi connectivity index (χ3n) is 5.82. The molecule has 0 radical (unpaired) electrons. The molecule has 1 amide bonds. The molecule has 3 heterocycles. The fourth-order valence-electron chi connectivity index (χ4n) is 3.89. The summed E-state index contributed by atoms with van der Waals surface area (Å²) in [5, 5.41) is 17.0. The lowest BCUT2D eigenvalue weighted by molar-refractivity contribution is 0.102. The smallest absolute Gasteiger partial charge is 0.274 e. The van der Waals surface area contributed by atoms with E-state index in [0.29, 0.717) is 11.4 Å². The first-order valence-corrected chi connectivity index (χ1v) is 11.3. The number of ether oxygens (including phenoxy) is 1. The van der Waals surface area contributed by atoms with E-state index >= 15 is 0 Å². The van der Waals surface area contributed by atoms with Gasteiger partial charge in [-0.3, -0.25) is 19.3 Å². The second-order valence-corrected chi connectivity index (χ2v) is 10.4. The third-order valence-corrected chi connectivity index (χ3v) is 8.54. The second kappa shape index (κ2) is 7.45. The van der Waals surface area contributed by atoms with Crippen LogP contribution in [0, 0.1) is 11.2 Å². The van der Waals surface area contributed by atoms with Crippen LogP contribution < -0.4 is 20.7 Å². The van der Waals surface area contributed by atoms with E-state index in [9.17, 15) is 18.3 Å². The van der Waals surface area contributed by atoms with Crippen molar-refractivity contribution in [2.75, 3.05) is 31.3 Å². The minimum absolute atomic E-state index is 0.0312. The molecule has 1 unspecified atom stereocenters. The Morgan fingerprint density at radius 2 is 2.06 bits per heavy atom. The van der Waals surface area contributed by atoms with E-state index in [-0.39, 0.29) is 35.9 Å². The van der Waals surface area contributed by atoms with Gasteiger partial charge in [0.25, 0.3) is 5.91 Å². The summed E-state index contributed by atoms with van der Waals surface area (Å²) in [7, 11) is -1.72. The van der Waals surface area contributed by atoms with Gasteiger partial charge in [-0.1, -0.05) is 0 Å². The highest BCUT2D eigenvalue weighted by atomic mass is 32.3. The Balaban J connectivity index is 1.60. The van der Waals surface area contributed by atoms with Crippen molar-refractivity contribution >= 4 is 28.0 Å². The highest BCUT2D eigenvalue weighted by Crippen LogP contribution is 2.60. The summed E-state index contributed by atoms with van der Waals surface area (Å²) >= 11 is 0. The first-order valence-electron chi connectivity index (χ1n) is 9.55. The van der Waals surface area contributed by atoms with Crippen molar-refractivity contribution in [1.82, 2.24) is 15.6 Å². The molecule has 31 heavy (non-hydrogen) atoms. The number of aromatic nitrogens is 1. The number of hydrogen-bond acceptors (Lipinski definition) is 7. The summed E-state index contributed by atoms with van der Waals surface area (Å²) in [6.07, 6.45) is 1.42. The van der Waals surface area contributed by atoms with Gasteiger partial charge in [-0.2, -0.15) is 10.6 Å². The van der Waals surface area contributed by atoms with Crippen LogP contribution in [0.3, 0.4) is 0 Å². The van der Waals surface area contributed by atoms with Crippen molar-refractivity contribution < 1.29 is 23.0 Å². The zero-order valence-electron chi connectivity index (χ0n) is 17.0. The molecule has 0 saturated carbocycles. The molecule has 2 saturated heterocycles. The lowest BCUT2D eigenvalue weighted by atomic mass is 9.89. The van der Waals surface area contributed by atoms with E-state index in [1.807, 2.05) is 0 Å². The van der Waals surface area contributed by atoms with Crippen molar-refractivity contribution in [3.63, 3.8) is 0 Å². The highest BCUT2D eigenvalue weighted by Gasteiger charge is 2.59. The number of carbonyl (C=O) groups excluding carboxylic acids is 1. The van der Waals surface area contributed by atoms with Gasteiger partial charge in [0.05, 0.1) is 24.6 Å². The summed E-state index contributed by atoms with van der Waals surface area (Å²) < 4.78 is 40.4. The lowest BCUT2D eigenvalue weighted by Crippen LogP contribution is -2.75. The predicted octanol–water partition coefficient (Wildman–Crippen LogP) is 2.37. The Morgan fingerprint density at radius 3 is 2.61 bits per heavy atom. The number of hydrogen-bond donors (Lipinski definition) is 6. The maximum absolute atomic E-state index is 14.8. The SMILES string of the molecule is COc1ccc(C(=O)Nc2ccc(F)c(C3(C)CS(O)(O)C4(CNC4)C(=N)N3)c2)nc1. The van der Waals surface area contributed by atoms with Gasteiger partial charge in [-0.05, 0) is 37.3 Å². The Kier molecular flexibility index (Phi) is 5.16. The van der Waals surface area contributed by atoms with Gasteiger partial charge in [0.15, 0.2) is 0 Å². The largest absolute Gasteiger partial charge is 0.495 e. The van der Waals surface area contributed by atoms with Crippen molar-refractivity contribution in [2.24, 2.45) is 0 Å². The minimum Gasteiger partial charge on any atom is -0.495 e. The highest BCUT2D eigenvalue weighted by molar-refractivity contribution is 8.26. The van der Waals surface area contributed by atoms with Crippen molar-refractivity contribution in [1.29, 1.82) is 5.41 Å². The summed E-state index contributed by atoms with van der Waals surface area (Å²) in [5.74, 6) is -0.743. The average molecular weight is 450 g/mol. The van der Waals surface area contributed by atoms with Gasteiger partial charge >= 0.3 is 0 Å². The summed E-state index contributed by atoms with van der Waals surface area (Å²) in [4.78, 5) is 16.5. The topological polar surface area (TPSA) is 140 Å². The van der Waals surface area contributed by atoms with Crippen molar-refractivity contribution in [3.8, 4) is 5.75 Å². The number of methoxy groups -OCH3 is 1. The Labute approximate surface area is 180 Å². The van der Waals surface area contributed by atoms with Crippen LogP contribution in [-0.2, 0) is 5.54 Å². The molecule has 166 valence electrons. The number of nitrogens with zero attached hydrogens (tertiary/aromatic N) is 1. The van der Waals surface area contributed by atoms with Crippen LogP contribution in [0.2, 0.25) is 0 Å². The van der Waals surface area contributed by atoms with Crippen LogP contribution >= 0.6 is 10.6 Å². The molecule has 1 spiro atoms. The maximum atomic E-state index is 14.8. The van der Waals surface area contributed by atoms with E-state index in [1.165, 1.54) is 37.6 Å². The monoisotopic (exact) mass is 449 g/mol. The summed E-state index contributed by atoms with van der Waals surface area (Å²) in [6.45, 7) is 2.18. The van der Waals surface area contributed by atoms with Gasteiger partial charge in [0, 0.05) is 24.3 Å². The number of benzene rings is 1. The zero-order chi connectivity index (χ0) is 22.4. The van der Waals surface area contributed by atoms with Crippen LogP contribution in [0.5, 0.6) is 5.75 Å². The van der Waals surface area contributed by atoms with Crippen LogP contribution in [0.25, 0.3) is 0 Å². The molecule has 1 atom stereocenters. The molecule has 9 nitrogen and oxygen atoms in total. The van der Waals surface area contributed by atoms with Crippen LogP contribution in [-0.4, -0.2) is 56.5 Å². The molecule has 1 aromatic carbocycles. The standard InChI is InChI=1S/C20H24FN5O4S/c1-19(11-31(28,29)20(9-23-10-20)18(22)26-19)14-7-12(3-5-15(14)21)25-17(27)16-6-4-13(30-2)8-24-16/h3-8,23,28-29H,9-11H2,1-2H3,(H2,22,26)(H,25,27). The fourth-order valence-corrected chi connectivity index (χ4v) is 6.24. The molecule has 0 bridgehead atoms. The van der Waals surface area contributed by atoms with Gasteiger partial charge in [-0.15, -0.1) is 0 Å². The third kappa shape index (κ3) is 3.53. The Hall–Kier alpha value is -2.73. The predicted molar refractivity (Wildman–Crippen MR) is 117 cm³/mol. The number of anilines is 1. The van der Waals surface area contributed by atoms with Crippen LogP contribution in [0.4, 0.5) is 10.1 Å². The normalized spacial score (nSPS) is 24.6. The molecule has 0 aliphatic carbocycles. The van der Waals surface area contributed by atoms with Gasteiger partial charge < -0.3 is 20.7 Å². The number of rotatable bonds is 4. The van der Waals surface area contributed by atoms with Crippen molar-refractivity contribution in [2.45, 2.75) is 17.2 Å². The summed E-state index contributed by atoms with van der Waals surface area (Å²) in [6, 6.07) is 7.15. The second-order valence-electron chi connectivity index (χ2n) is 7.97. The van der Waals surface area contributed by atoms with E-state index in [2.05, 4.69) is 20.9 Å². The Bertz CT molecular complexity index is 1040. The van der Waals surface area contributed by atoms with Gasteiger partial charge in [0.2, 0.25) is 0 Å². The molecular formula is C20H24FN5O4S. The maximum Gasteiger partial charge on any atom is 0.274 e. The summed E-state index contributed by atoms with van der Waals surface area (Å²) in [5.41, 5.74) is -0.639. The number of carbonyl (C=O) groups is 1. The molecule has 2 aromatic rings. The number of nitrogens with one attached hydrogen (secondary N) is 4. The number of halogens is 1. The van der Waals surface area contributed by atoms with E-state index < -0.39 is 32.6 Å². The van der Waals surface area contributed by atoms with Gasteiger partial charge in [0.1, 0.15) is 27.8 Å². The minimum atomic E-state index is -3.22. The first kappa shape index (κ1) is 21.5. The van der Waals surface area contributed by atoms with E-state index in [0.717, 1.165) is 0 Å². The Morgan fingerprint density at radius 1 is 1.32 bits per heavy atom. The molecule has 2 aliphatic rings. The average Bonchev–Trinajstić information content (AvgIpc) is 2.67. The number of amidine groups is 1. The van der Waals surface area contributed by atoms with E-state index in [1.54, 1.807) is 13.0 Å². The number of pyridine rings is 1. The molecule has 11 heteroatoms. The molecule has 4 rings (SSSR count). The molecule has 1 aromatic heterocycles. The quantitative estimate of drug-likeness (QED) is 0.421. The van der Waals surface area contributed by atoms with Crippen LogP contribution in [0.1, 0.15) is 23.0 Å². The van der Waals surface area contributed by atoms with Crippen molar-refractivity contribution in [3.05, 3.63) is 53.6 Å². The molecule has 2 fully saturated rings. The fraction of sp³-hybridized carbons (Fsp3) is 0.350. The molecule has 6 N–H and O–H groups in total. The zero-order valence-corrected chi connectivity index (χ0v) is 17.8. The lowest BCUT2D eigenvalue weighted by Gasteiger charge is -2.62. The number of amides is 1. The molecule has 2 aliphatic heterocycles. The van der Waals surface area contributed by atoms with Gasteiger partial charge in [-0.25, -0.2) is 9.37 Å². The molecular weight excluding hydrogens is 425 g/mol. The first-order chi connectivity index (χ1) is 14.6.